The fourth-order valence-corrected chi connectivity index (χ4v) is 3.82. The number of aromatic amines is 1. The van der Waals surface area contributed by atoms with Gasteiger partial charge in [-0.3, -0.25) is 14.9 Å². The van der Waals surface area contributed by atoms with Gasteiger partial charge in [-0.25, -0.2) is 17.8 Å². The Morgan fingerprint density at radius 3 is 2.74 bits per heavy atom. The van der Waals surface area contributed by atoms with Gasteiger partial charge in [0, 0.05) is 29.7 Å². The van der Waals surface area contributed by atoms with E-state index in [4.69, 9.17) is 0 Å². The second-order valence-corrected chi connectivity index (χ2v) is 8.42. The van der Waals surface area contributed by atoms with Crippen LogP contribution in [0.1, 0.15) is 27.2 Å². The lowest BCUT2D eigenvalue weighted by Gasteiger charge is -2.09. The van der Waals surface area contributed by atoms with Crippen LogP contribution < -0.4 is 10.6 Å². The number of aromatic nitrogens is 4. The number of hydrogen-bond donors (Lipinski definition) is 4. The van der Waals surface area contributed by atoms with Crippen LogP contribution in [0.15, 0.2) is 67.1 Å². The largest absolute Gasteiger partial charge is 0.324 e. The summed E-state index contributed by atoms with van der Waals surface area (Å²) in [6.45, 7) is 0. The summed E-state index contributed by atoms with van der Waals surface area (Å²) in [5.41, 5.74) is 2.44. The quantitative estimate of drug-likeness (QED) is 0.271. The molecular weight excluding hydrogens is 459 g/mol. The zero-order valence-corrected chi connectivity index (χ0v) is 18.8. The van der Waals surface area contributed by atoms with Gasteiger partial charge in [-0.05, 0) is 54.3 Å². The van der Waals surface area contributed by atoms with E-state index in [1.807, 2.05) is 0 Å². The molecule has 174 valence electrons. The molecule has 1 amide bonds. The number of halogens is 1. The molecule has 0 saturated carbocycles. The number of rotatable bonds is 9. The standard InChI is InChI=1S/C23H21FN6O3S/c24-20-7-6-18(27-23(31)17-3-1-2-15(10-17)14-34(32)33)11-16(20)4-5-19-12-21(30-29-19)28-22-13-25-8-9-26-22/h1-3,6-13,34H,4-5,14H2,(H,27,31)(H2,26,28,29,30). The molecule has 0 spiro atoms. The van der Waals surface area contributed by atoms with Crippen LogP contribution in [-0.4, -0.2) is 34.5 Å². The van der Waals surface area contributed by atoms with Gasteiger partial charge in [-0.2, -0.15) is 5.10 Å². The lowest BCUT2D eigenvalue weighted by atomic mass is 10.1. The molecule has 0 aliphatic rings. The van der Waals surface area contributed by atoms with E-state index in [1.165, 1.54) is 18.2 Å². The first-order chi connectivity index (χ1) is 16.5. The fourth-order valence-electron chi connectivity index (χ4n) is 3.33. The van der Waals surface area contributed by atoms with Gasteiger partial charge in [0.1, 0.15) is 28.2 Å². The average molecular weight is 481 g/mol. The molecular formula is C23H21FN6O3S. The SMILES string of the molecule is O=C(Nc1ccc(F)c(CCc2cc(Nc3cnccn3)[nH]n2)c1)c1cccc(C[SH](=O)=O)c1. The first-order valence-electron chi connectivity index (χ1n) is 10.3. The zero-order chi connectivity index (χ0) is 23.9. The Morgan fingerprint density at radius 1 is 1.06 bits per heavy atom. The molecule has 2 heterocycles. The second kappa shape index (κ2) is 10.7. The second-order valence-electron chi connectivity index (χ2n) is 7.44. The Balaban J connectivity index is 1.39. The first-order valence-corrected chi connectivity index (χ1v) is 11.7. The minimum Gasteiger partial charge on any atom is -0.324 e. The predicted octanol–water partition coefficient (Wildman–Crippen LogP) is 3.23. The highest BCUT2D eigenvalue weighted by atomic mass is 32.2. The van der Waals surface area contributed by atoms with E-state index < -0.39 is 16.6 Å². The summed E-state index contributed by atoms with van der Waals surface area (Å²) in [6, 6.07) is 12.5. The van der Waals surface area contributed by atoms with Gasteiger partial charge in [-0.1, -0.05) is 12.1 Å². The minimum absolute atomic E-state index is 0.139. The van der Waals surface area contributed by atoms with Gasteiger partial charge in [-0.15, -0.1) is 0 Å². The summed E-state index contributed by atoms with van der Waals surface area (Å²) in [5, 5.41) is 12.9. The molecule has 9 nitrogen and oxygen atoms in total. The van der Waals surface area contributed by atoms with Gasteiger partial charge in [0.2, 0.25) is 0 Å². The third-order valence-electron chi connectivity index (χ3n) is 4.91. The third kappa shape index (κ3) is 6.23. The molecule has 11 heteroatoms. The van der Waals surface area contributed by atoms with Crippen molar-refractivity contribution in [3.05, 3.63) is 95.3 Å². The molecule has 0 atom stereocenters. The molecule has 0 saturated heterocycles. The van der Waals surface area contributed by atoms with Crippen molar-refractivity contribution in [3.8, 4) is 0 Å². The van der Waals surface area contributed by atoms with Crippen molar-refractivity contribution in [2.75, 3.05) is 10.6 Å². The highest BCUT2D eigenvalue weighted by Gasteiger charge is 2.11. The normalized spacial score (nSPS) is 10.9. The van der Waals surface area contributed by atoms with Gasteiger partial charge in [0.25, 0.3) is 5.91 Å². The highest BCUT2D eigenvalue weighted by Crippen LogP contribution is 2.19. The number of H-pyrrole nitrogens is 1. The average Bonchev–Trinajstić information content (AvgIpc) is 3.27. The summed E-state index contributed by atoms with van der Waals surface area (Å²) >= 11 is 0. The summed E-state index contributed by atoms with van der Waals surface area (Å²) in [6.07, 6.45) is 5.57. The van der Waals surface area contributed by atoms with E-state index in [2.05, 4.69) is 30.8 Å². The molecule has 0 fully saturated rings. The van der Waals surface area contributed by atoms with E-state index in [0.29, 0.717) is 46.9 Å². The zero-order valence-electron chi connectivity index (χ0n) is 17.9. The lowest BCUT2D eigenvalue weighted by Crippen LogP contribution is -2.12. The Kier molecular flexibility index (Phi) is 7.23. The molecule has 4 aromatic rings. The Labute approximate surface area is 196 Å². The smallest absolute Gasteiger partial charge is 0.255 e. The molecule has 2 aromatic heterocycles. The molecule has 0 aliphatic carbocycles. The van der Waals surface area contributed by atoms with Crippen molar-refractivity contribution in [1.29, 1.82) is 0 Å². The summed E-state index contributed by atoms with van der Waals surface area (Å²) in [7, 11) is -2.59. The molecule has 0 bridgehead atoms. The maximum absolute atomic E-state index is 14.4. The number of amides is 1. The van der Waals surface area contributed by atoms with Crippen molar-refractivity contribution >= 4 is 33.9 Å². The van der Waals surface area contributed by atoms with Gasteiger partial charge in [0.15, 0.2) is 0 Å². The molecule has 4 rings (SSSR count). The first kappa shape index (κ1) is 23.1. The Morgan fingerprint density at radius 2 is 1.94 bits per heavy atom. The van der Waals surface area contributed by atoms with E-state index in [-0.39, 0.29) is 11.6 Å². The van der Waals surface area contributed by atoms with E-state index >= 15 is 0 Å². The summed E-state index contributed by atoms with van der Waals surface area (Å²) in [4.78, 5) is 20.7. The molecule has 0 radical (unpaired) electrons. The third-order valence-corrected chi connectivity index (χ3v) is 5.54. The van der Waals surface area contributed by atoms with Crippen LogP contribution in [0.5, 0.6) is 0 Å². The van der Waals surface area contributed by atoms with Crippen LogP contribution in [0.2, 0.25) is 0 Å². The van der Waals surface area contributed by atoms with Crippen molar-refractivity contribution in [2.45, 2.75) is 18.6 Å². The number of carbonyl (C=O) groups is 1. The van der Waals surface area contributed by atoms with Crippen LogP contribution in [0, 0.1) is 5.82 Å². The fraction of sp³-hybridized carbons (Fsp3) is 0.130. The molecule has 2 aromatic carbocycles. The van der Waals surface area contributed by atoms with Crippen LogP contribution in [0.25, 0.3) is 0 Å². The van der Waals surface area contributed by atoms with Crippen LogP contribution in [0.4, 0.5) is 21.7 Å². The number of thiol groups is 1. The van der Waals surface area contributed by atoms with Gasteiger partial charge in [0.05, 0.1) is 17.6 Å². The molecule has 0 aliphatic heterocycles. The molecule has 0 unspecified atom stereocenters. The van der Waals surface area contributed by atoms with E-state index in [0.717, 1.165) is 5.69 Å². The van der Waals surface area contributed by atoms with Crippen molar-refractivity contribution < 1.29 is 17.6 Å². The minimum atomic E-state index is -2.59. The molecule has 34 heavy (non-hydrogen) atoms. The number of anilines is 3. The monoisotopic (exact) mass is 480 g/mol. The summed E-state index contributed by atoms with van der Waals surface area (Å²) < 4.78 is 36.3. The summed E-state index contributed by atoms with van der Waals surface area (Å²) in [5.74, 6) is 0.279. The predicted molar refractivity (Wildman–Crippen MR) is 126 cm³/mol. The van der Waals surface area contributed by atoms with Gasteiger partial charge >= 0.3 is 0 Å². The van der Waals surface area contributed by atoms with Crippen LogP contribution in [0.3, 0.4) is 0 Å². The van der Waals surface area contributed by atoms with Crippen LogP contribution in [-0.2, 0) is 29.3 Å². The van der Waals surface area contributed by atoms with Crippen molar-refractivity contribution in [3.63, 3.8) is 0 Å². The van der Waals surface area contributed by atoms with E-state index in [1.54, 1.807) is 48.9 Å². The number of benzene rings is 2. The highest BCUT2D eigenvalue weighted by molar-refractivity contribution is 7.71. The molecule has 3 N–H and O–H groups in total. The van der Waals surface area contributed by atoms with E-state index in [9.17, 15) is 17.6 Å². The van der Waals surface area contributed by atoms with Crippen molar-refractivity contribution in [2.24, 2.45) is 0 Å². The Bertz CT molecular complexity index is 1370. The lowest BCUT2D eigenvalue weighted by molar-refractivity contribution is 0.102. The van der Waals surface area contributed by atoms with Crippen molar-refractivity contribution in [1.82, 2.24) is 20.2 Å². The number of aryl methyl sites for hydroxylation is 2. The number of nitrogens with one attached hydrogen (secondary N) is 3. The number of carbonyl (C=O) groups excluding carboxylic acids is 1. The maximum atomic E-state index is 14.4. The Hall–Kier alpha value is -4.12. The number of hydrogen-bond acceptors (Lipinski definition) is 7. The maximum Gasteiger partial charge on any atom is 0.255 e. The van der Waals surface area contributed by atoms with Gasteiger partial charge < -0.3 is 10.6 Å². The topological polar surface area (TPSA) is 130 Å². The number of nitrogens with zero attached hydrogens (tertiary/aromatic N) is 3. The van der Waals surface area contributed by atoms with Crippen LogP contribution >= 0.6 is 0 Å².